The van der Waals surface area contributed by atoms with Crippen LogP contribution in [0.5, 0.6) is 0 Å². The van der Waals surface area contributed by atoms with Crippen molar-refractivity contribution >= 4 is 17.5 Å². The van der Waals surface area contributed by atoms with Crippen LogP contribution in [0.2, 0.25) is 5.02 Å². The van der Waals surface area contributed by atoms with Crippen LogP contribution in [0.15, 0.2) is 41.3 Å². The third-order valence-corrected chi connectivity index (χ3v) is 4.57. The summed E-state index contributed by atoms with van der Waals surface area (Å²) in [4.78, 5) is 26.0. The first-order chi connectivity index (χ1) is 11.0. The second-order valence-corrected chi connectivity index (χ2v) is 6.40. The minimum absolute atomic E-state index is 0.00580. The minimum Gasteiger partial charge on any atom is -0.338 e. The number of pyridine rings is 1. The molecule has 0 saturated carbocycles. The maximum atomic E-state index is 12.4. The summed E-state index contributed by atoms with van der Waals surface area (Å²) in [6.45, 7) is 1.27. The number of rotatable bonds is 3. The lowest BCUT2D eigenvalue weighted by Crippen LogP contribution is -2.37. The molecule has 0 bridgehead atoms. The summed E-state index contributed by atoms with van der Waals surface area (Å²) in [5, 5.41) is 0.707. The highest BCUT2D eigenvalue weighted by atomic mass is 35.5. The van der Waals surface area contributed by atoms with Crippen LogP contribution in [0.4, 0.5) is 0 Å². The molecule has 0 saturated heterocycles. The first-order valence-corrected chi connectivity index (χ1v) is 8.11. The molecular formula is C18H19ClN2O2. The number of hydrogen-bond donors (Lipinski definition) is 0. The van der Waals surface area contributed by atoms with Gasteiger partial charge >= 0.3 is 0 Å². The van der Waals surface area contributed by atoms with Gasteiger partial charge in [-0.2, -0.15) is 0 Å². The molecule has 1 aromatic carbocycles. The number of nitrogens with zero attached hydrogens (tertiary/aromatic N) is 2. The van der Waals surface area contributed by atoms with Crippen molar-refractivity contribution < 1.29 is 4.79 Å². The van der Waals surface area contributed by atoms with Crippen LogP contribution in [-0.2, 0) is 31.2 Å². The number of fused-ring (bicyclic) bond motifs is 1. The van der Waals surface area contributed by atoms with E-state index >= 15 is 0 Å². The van der Waals surface area contributed by atoms with E-state index in [1.54, 1.807) is 17.7 Å². The van der Waals surface area contributed by atoms with Gasteiger partial charge in [0.2, 0.25) is 5.91 Å². The monoisotopic (exact) mass is 330 g/mol. The summed E-state index contributed by atoms with van der Waals surface area (Å²) in [5.41, 5.74) is 3.25. The van der Waals surface area contributed by atoms with Crippen LogP contribution in [0.3, 0.4) is 0 Å². The summed E-state index contributed by atoms with van der Waals surface area (Å²) in [6, 6.07) is 9.29. The van der Waals surface area contributed by atoms with Crippen molar-refractivity contribution in [3.63, 3.8) is 0 Å². The Morgan fingerprint density at radius 2 is 1.96 bits per heavy atom. The predicted molar refractivity (Wildman–Crippen MR) is 90.6 cm³/mol. The summed E-state index contributed by atoms with van der Waals surface area (Å²) < 4.78 is 1.57. The summed E-state index contributed by atoms with van der Waals surface area (Å²) in [5.74, 6) is 0.152. The number of aromatic nitrogens is 1. The van der Waals surface area contributed by atoms with Gasteiger partial charge in [-0.1, -0.05) is 23.7 Å². The van der Waals surface area contributed by atoms with Crippen molar-refractivity contribution in [1.29, 1.82) is 0 Å². The minimum atomic E-state index is 0.00580. The van der Waals surface area contributed by atoms with E-state index in [1.807, 2.05) is 35.4 Å². The molecule has 0 fully saturated rings. The van der Waals surface area contributed by atoms with E-state index in [2.05, 4.69) is 0 Å². The number of amides is 1. The van der Waals surface area contributed by atoms with E-state index < -0.39 is 0 Å². The Balaban J connectivity index is 1.63. The lowest BCUT2D eigenvalue weighted by Gasteiger charge is -2.29. The third-order valence-electron chi connectivity index (χ3n) is 4.31. The van der Waals surface area contributed by atoms with E-state index in [0.29, 0.717) is 31.0 Å². The second kappa shape index (κ2) is 6.59. The van der Waals surface area contributed by atoms with Crippen LogP contribution in [-0.4, -0.2) is 21.9 Å². The highest BCUT2D eigenvalue weighted by molar-refractivity contribution is 6.30. The topological polar surface area (TPSA) is 42.3 Å². The lowest BCUT2D eigenvalue weighted by atomic mass is 10.0. The molecule has 0 spiro atoms. The summed E-state index contributed by atoms with van der Waals surface area (Å²) in [7, 11) is 1.74. The number of carbonyl (C=O) groups excluding carboxylic acids is 1. The molecule has 120 valence electrons. The number of hydrogen-bond acceptors (Lipinski definition) is 2. The van der Waals surface area contributed by atoms with E-state index in [-0.39, 0.29) is 11.5 Å². The van der Waals surface area contributed by atoms with Gasteiger partial charge in [-0.3, -0.25) is 9.59 Å². The van der Waals surface area contributed by atoms with Gasteiger partial charge in [-0.15, -0.1) is 0 Å². The largest absolute Gasteiger partial charge is 0.338 e. The Kier molecular flexibility index (Phi) is 4.53. The van der Waals surface area contributed by atoms with Gasteiger partial charge < -0.3 is 9.47 Å². The van der Waals surface area contributed by atoms with Crippen molar-refractivity contribution in [1.82, 2.24) is 9.47 Å². The summed E-state index contributed by atoms with van der Waals surface area (Å²) in [6.07, 6.45) is 3.80. The highest BCUT2D eigenvalue weighted by Gasteiger charge is 2.21. The molecule has 1 aliphatic heterocycles. The average molecular weight is 331 g/mol. The average Bonchev–Trinajstić information content (AvgIpc) is 2.54. The van der Waals surface area contributed by atoms with Crippen LogP contribution >= 0.6 is 11.6 Å². The molecule has 23 heavy (non-hydrogen) atoms. The third kappa shape index (κ3) is 3.64. The number of carbonyl (C=O) groups is 1. The molecule has 0 atom stereocenters. The van der Waals surface area contributed by atoms with Gasteiger partial charge in [0, 0.05) is 43.8 Å². The molecule has 1 aromatic heterocycles. The van der Waals surface area contributed by atoms with Crippen molar-refractivity contribution in [2.24, 2.45) is 7.05 Å². The Bertz CT molecular complexity index is 781. The Morgan fingerprint density at radius 3 is 2.70 bits per heavy atom. The van der Waals surface area contributed by atoms with Gasteiger partial charge in [0.05, 0.1) is 0 Å². The molecule has 5 heteroatoms. The maximum absolute atomic E-state index is 12.4. The molecule has 3 rings (SSSR count). The van der Waals surface area contributed by atoms with E-state index in [4.69, 9.17) is 11.6 Å². The van der Waals surface area contributed by atoms with Gasteiger partial charge in [-0.05, 0) is 41.7 Å². The van der Waals surface area contributed by atoms with Gasteiger partial charge in [-0.25, -0.2) is 0 Å². The Hall–Kier alpha value is -2.07. The molecule has 0 N–H and O–H groups in total. The fourth-order valence-electron chi connectivity index (χ4n) is 2.91. The highest BCUT2D eigenvalue weighted by Crippen LogP contribution is 2.18. The number of halogens is 1. The van der Waals surface area contributed by atoms with Crippen LogP contribution in [0.25, 0.3) is 0 Å². The SMILES string of the molecule is Cn1cc2c(cc1=O)CCN(C(=O)CCc1ccc(Cl)cc1)C2. The van der Waals surface area contributed by atoms with Crippen molar-refractivity contribution in [2.45, 2.75) is 25.8 Å². The second-order valence-electron chi connectivity index (χ2n) is 5.96. The summed E-state index contributed by atoms with van der Waals surface area (Å²) >= 11 is 5.87. The molecule has 0 radical (unpaired) electrons. The van der Waals surface area contributed by atoms with E-state index in [9.17, 15) is 9.59 Å². The predicted octanol–water partition coefficient (Wildman–Crippen LogP) is 2.56. The molecule has 4 nitrogen and oxygen atoms in total. The number of aryl methyl sites for hydroxylation is 2. The Labute approximate surface area is 140 Å². The van der Waals surface area contributed by atoms with E-state index in [0.717, 1.165) is 23.1 Å². The van der Waals surface area contributed by atoms with Crippen LogP contribution in [0.1, 0.15) is 23.1 Å². The molecular weight excluding hydrogens is 312 g/mol. The van der Waals surface area contributed by atoms with Crippen molar-refractivity contribution in [2.75, 3.05) is 6.54 Å². The molecule has 0 unspecified atom stereocenters. The smallest absolute Gasteiger partial charge is 0.250 e. The zero-order chi connectivity index (χ0) is 16.4. The van der Waals surface area contributed by atoms with Gasteiger partial charge in [0.25, 0.3) is 5.56 Å². The van der Waals surface area contributed by atoms with Crippen molar-refractivity contribution in [3.8, 4) is 0 Å². The molecule has 0 aliphatic carbocycles. The fraction of sp³-hybridized carbons (Fsp3) is 0.333. The molecule has 2 heterocycles. The first kappa shape index (κ1) is 15.8. The zero-order valence-electron chi connectivity index (χ0n) is 13.1. The molecule has 2 aromatic rings. The lowest BCUT2D eigenvalue weighted by molar-refractivity contribution is -0.132. The van der Waals surface area contributed by atoms with E-state index in [1.165, 1.54) is 0 Å². The standard InChI is InChI=1S/C18H19ClN2O2/c1-20-11-15-12-21(9-8-14(15)10-18(20)23)17(22)7-4-13-2-5-16(19)6-3-13/h2-3,5-6,10-11H,4,7-9,12H2,1H3. The van der Waals surface area contributed by atoms with Crippen LogP contribution < -0.4 is 5.56 Å². The normalized spacial score (nSPS) is 13.7. The molecule has 1 amide bonds. The van der Waals surface area contributed by atoms with Crippen LogP contribution in [0, 0.1) is 0 Å². The fourth-order valence-corrected chi connectivity index (χ4v) is 3.04. The first-order valence-electron chi connectivity index (χ1n) is 7.73. The van der Waals surface area contributed by atoms with Crippen molar-refractivity contribution in [3.05, 3.63) is 68.6 Å². The van der Waals surface area contributed by atoms with Gasteiger partial charge in [0.1, 0.15) is 0 Å². The zero-order valence-corrected chi connectivity index (χ0v) is 13.8. The maximum Gasteiger partial charge on any atom is 0.250 e. The number of benzene rings is 1. The van der Waals surface area contributed by atoms with Gasteiger partial charge in [0.15, 0.2) is 0 Å². The quantitative estimate of drug-likeness (QED) is 0.868. The Morgan fingerprint density at radius 1 is 1.22 bits per heavy atom. The molecule has 1 aliphatic rings.